The van der Waals surface area contributed by atoms with Gasteiger partial charge in [-0.15, -0.1) is 0 Å². The fourth-order valence-electron chi connectivity index (χ4n) is 8.85. The Bertz CT molecular complexity index is 2780. The Morgan fingerprint density at radius 2 is 1.27 bits per heavy atom. The molecule has 0 aliphatic carbocycles. The number of primary amides is 1. The van der Waals surface area contributed by atoms with E-state index in [1.165, 1.54) is 38.7 Å². The molecule has 0 aliphatic heterocycles. The van der Waals surface area contributed by atoms with Gasteiger partial charge in [-0.2, -0.15) is 5.10 Å². The number of nitrogens with one attached hydrogen (secondary N) is 10. The maximum absolute atomic E-state index is 14.4. The van der Waals surface area contributed by atoms with Crippen LogP contribution < -0.4 is 59.8 Å². The summed E-state index contributed by atoms with van der Waals surface area (Å²) in [4.78, 5) is 121. The number of H-pyrrole nitrogens is 2. The van der Waals surface area contributed by atoms with Crippen molar-refractivity contribution < 1.29 is 38.4 Å². The molecule has 4 aromatic rings. The van der Waals surface area contributed by atoms with Gasteiger partial charge in [-0.25, -0.2) is 4.98 Å². The van der Waals surface area contributed by atoms with Crippen LogP contribution in [0.5, 0.6) is 0 Å². The minimum absolute atomic E-state index is 0.0130. The quantitative estimate of drug-likeness (QED) is 0.0100. The van der Waals surface area contributed by atoms with Crippen LogP contribution in [0.15, 0.2) is 108 Å². The Morgan fingerprint density at radius 1 is 0.631 bits per heavy atom. The Morgan fingerprint density at radius 3 is 1.99 bits per heavy atom. The zero-order valence-corrected chi connectivity index (χ0v) is 48.6. The van der Waals surface area contributed by atoms with Crippen molar-refractivity contribution in [2.24, 2.45) is 27.3 Å². The first-order valence-corrected chi connectivity index (χ1v) is 29.2. The molecule has 0 aliphatic rings. The van der Waals surface area contributed by atoms with Gasteiger partial charge in [0.05, 0.1) is 6.33 Å². The van der Waals surface area contributed by atoms with Gasteiger partial charge in [-0.1, -0.05) is 112 Å². The van der Waals surface area contributed by atoms with Gasteiger partial charge < -0.3 is 69.8 Å². The molecule has 0 spiro atoms. The van der Waals surface area contributed by atoms with Gasteiger partial charge in [0.1, 0.15) is 43.0 Å². The summed E-state index contributed by atoms with van der Waals surface area (Å²) >= 11 is 0. The van der Waals surface area contributed by atoms with E-state index < -0.39 is 78.1 Å². The van der Waals surface area contributed by atoms with Gasteiger partial charge in [0.25, 0.3) is 5.91 Å². The van der Waals surface area contributed by atoms with E-state index in [0.29, 0.717) is 37.2 Å². The number of carbonyl (C=O) groups is 8. The summed E-state index contributed by atoms with van der Waals surface area (Å²) in [6, 6.07) is 9.99. The highest BCUT2D eigenvalue weighted by Crippen LogP contribution is 2.19. The molecule has 4 rings (SSSR count). The summed E-state index contributed by atoms with van der Waals surface area (Å²) in [5.74, 6) is -5.19. The molecule has 0 unspecified atom stereocenters. The van der Waals surface area contributed by atoms with Gasteiger partial charge in [0.15, 0.2) is 5.96 Å². The number of aromatic nitrogens is 3. The van der Waals surface area contributed by atoms with Crippen molar-refractivity contribution >= 4 is 70.3 Å². The third kappa shape index (κ3) is 27.8. The van der Waals surface area contributed by atoms with Crippen LogP contribution in [0.1, 0.15) is 127 Å². The highest BCUT2D eigenvalue weighted by Gasteiger charge is 2.32. The number of nitrogens with two attached hydrogens (primary N) is 3. The highest BCUT2D eigenvalue weighted by molar-refractivity contribution is 6.26. The Kier molecular flexibility index (Phi) is 31.9. The summed E-state index contributed by atoms with van der Waals surface area (Å²) in [6.45, 7) is 4.02. The lowest BCUT2D eigenvalue weighted by Gasteiger charge is -2.27. The van der Waals surface area contributed by atoms with Crippen molar-refractivity contribution in [3.05, 3.63) is 114 Å². The molecular formula is C60H88N16O8. The number of hydrogen-bond acceptors (Lipinski definition) is 12. The fourth-order valence-corrected chi connectivity index (χ4v) is 8.85. The van der Waals surface area contributed by atoms with Crippen LogP contribution in [0.4, 0.5) is 0 Å². The highest BCUT2D eigenvalue weighted by atomic mass is 16.2. The summed E-state index contributed by atoms with van der Waals surface area (Å²) in [5, 5.41) is 23.6. The number of para-hydroxylation sites is 1. The van der Waals surface area contributed by atoms with E-state index in [1.54, 1.807) is 36.5 Å². The van der Waals surface area contributed by atoms with Gasteiger partial charge in [-0.3, -0.25) is 43.3 Å². The molecule has 2 heterocycles. The second-order valence-electron chi connectivity index (χ2n) is 20.5. The molecule has 0 saturated heterocycles. The lowest BCUT2D eigenvalue weighted by atomic mass is 10.0. The van der Waals surface area contributed by atoms with Crippen LogP contribution in [0.2, 0.25) is 0 Å². The predicted molar refractivity (Wildman–Crippen MR) is 325 cm³/mol. The van der Waals surface area contributed by atoms with Crippen LogP contribution >= 0.6 is 0 Å². The van der Waals surface area contributed by atoms with Crippen molar-refractivity contribution in [2.45, 2.75) is 160 Å². The number of unbranched alkanes of at least 4 members (excludes halogenated alkanes) is 8. The largest absolute Gasteiger partial charge is 0.370 e. The number of hydrogen-bond donors (Lipinski definition) is 13. The van der Waals surface area contributed by atoms with E-state index in [2.05, 4.69) is 98.9 Å². The third-order valence-electron chi connectivity index (χ3n) is 13.5. The van der Waals surface area contributed by atoms with E-state index in [1.807, 2.05) is 24.3 Å². The summed E-state index contributed by atoms with van der Waals surface area (Å²) in [7, 11) is 0. The van der Waals surface area contributed by atoms with E-state index >= 15 is 0 Å². The second kappa shape index (κ2) is 39.6. The number of nitrogens with zero attached hydrogens (tertiary/aromatic N) is 3. The standard InChI is InChI=1S/C60H88N16O8/c1-3-4-5-6-7-8-9-10-11-12-13-14-15-16-20-30-52(77)65-32-24-33-66-53(78)39-70-71-40-54(79)72-42(2)56(81)75-51(36-45-38-64-41-69-45)59(84)76-50(34-43-25-18-17-19-26-43)58(83)73-48(29-23-31-67-60(62)63)57(82)74-49(55(61)80)35-44-37-68-47-28-22-21-27-46(44)47/h7-8,10-11,17-19,21-22,25-28,37-39,41-42,48-51,68,71H,3-6,9,12-16,20,23-24,29-36,40H2,1-2H3,(H2,61,80)(H,64,69)(H,65,77)(H,66,78)(H,72,79)(H,73,83)(H,74,82)(H,75,81)(H,76,84)(H4,62,63,67)/b8-7-,11-10-,70-39+/t42-,48-,49-,50+,51-/m0/s1. The number of imidazole rings is 1. The van der Waals surface area contributed by atoms with Crippen molar-refractivity contribution in [2.75, 3.05) is 26.2 Å². The van der Waals surface area contributed by atoms with Crippen LogP contribution in [-0.4, -0.2) is 131 Å². The molecule has 24 heteroatoms. The molecular weight excluding hydrogens is 1070 g/mol. The molecule has 84 heavy (non-hydrogen) atoms. The van der Waals surface area contributed by atoms with Crippen molar-refractivity contribution in [1.82, 2.24) is 57.6 Å². The third-order valence-corrected chi connectivity index (χ3v) is 13.5. The molecule has 24 nitrogen and oxygen atoms in total. The lowest BCUT2D eigenvalue weighted by molar-refractivity contribution is -0.135. The molecule has 0 bridgehead atoms. The number of carbonyl (C=O) groups excluding carboxylic acids is 8. The van der Waals surface area contributed by atoms with E-state index in [9.17, 15) is 38.4 Å². The molecule has 2 aromatic carbocycles. The smallest absolute Gasteiger partial charge is 0.264 e. The van der Waals surface area contributed by atoms with Crippen molar-refractivity contribution in [3.8, 4) is 0 Å². The predicted octanol–water partition coefficient (Wildman–Crippen LogP) is 2.91. The maximum Gasteiger partial charge on any atom is 0.264 e. The zero-order chi connectivity index (χ0) is 60.7. The van der Waals surface area contributed by atoms with Crippen molar-refractivity contribution in [3.63, 3.8) is 0 Å². The first-order valence-electron chi connectivity index (χ1n) is 29.2. The maximum atomic E-state index is 14.4. The number of aliphatic imine (C=N–C) groups is 1. The topological polar surface area (TPSA) is 380 Å². The van der Waals surface area contributed by atoms with Crippen LogP contribution in [-0.2, 0) is 57.6 Å². The summed E-state index contributed by atoms with van der Waals surface area (Å²) < 4.78 is 0. The first-order chi connectivity index (χ1) is 40.6. The first kappa shape index (κ1) is 67.7. The fraction of sp³-hybridized carbons (Fsp3) is 0.483. The van der Waals surface area contributed by atoms with Gasteiger partial charge >= 0.3 is 0 Å². The van der Waals surface area contributed by atoms with E-state index in [4.69, 9.17) is 17.2 Å². The average molecular weight is 1160 g/mol. The van der Waals surface area contributed by atoms with Gasteiger partial charge in [0, 0.05) is 74.3 Å². The number of benzene rings is 2. The van der Waals surface area contributed by atoms with Gasteiger partial charge in [-0.05, 0) is 81.9 Å². The van der Waals surface area contributed by atoms with Crippen LogP contribution in [0.25, 0.3) is 10.9 Å². The number of allylic oxidation sites excluding steroid dienone is 4. The van der Waals surface area contributed by atoms with Crippen molar-refractivity contribution in [1.29, 1.82) is 0 Å². The van der Waals surface area contributed by atoms with Crippen LogP contribution in [0.3, 0.4) is 0 Å². The monoisotopic (exact) mass is 1160 g/mol. The minimum Gasteiger partial charge on any atom is -0.370 e. The molecule has 5 atom stereocenters. The van der Waals surface area contributed by atoms with Crippen LogP contribution in [0, 0.1) is 0 Å². The number of hydrazone groups is 1. The molecule has 16 N–H and O–H groups in total. The molecule has 456 valence electrons. The number of fused-ring (bicyclic) bond motifs is 1. The lowest BCUT2D eigenvalue weighted by Crippen LogP contribution is -2.59. The Balaban J connectivity index is 1.24. The summed E-state index contributed by atoms with van der Waals surface area (Å²) in [5.41, 5.74) is 22.0. The van der Waals surface area contributed by atoms with Gasteiger partial charge in [0.2, 0.25) is 41.4 Å². The zero-order valence-electron chi connectivity index (χ0n) is 48.6. The summed E-state index contributed by atoms with van der Waals surface area (Å²) in [6.07, 6.45) is 27.9. The number of amides is 8. The molecule has 8 amide bonds. The SMILES string of the molecule is CCCCC/C=C\C/C=C\CCCCCCCC(=O)NCCCNC(=O)/C=N/NCC(=O)N[C@@H](C)C(=O)N[C@@H](Cc1cnc[nH]1)C(=O)N[C@H](Cc1ccccc1)C(=O)N[C@@H](CCCN=C(N)N)C(=O)N[C@@H](Cc1c[nH]c2ccccc12)C(N)=O. The molecule has 0 fully saturated rings. The minimum atomic E-state index is -1.32. The normalized spacial score (nSPS) is 13.1. The Labute approximate surface area is 492 Å². The number of aromatic amines is 2. The van der Waals surface area contributed by atoms with E-state index in [-0.39, 0.29) is 50.5 Å². The second-order valence-corrected chi connectivity index (χ2v) is 20.5. The van der Waals surface area contributed by atoms with E-state index in [0.717, 1.165) is 74.0 Å². The molecule has 2 aromatic heterocycles. The molecule has 0 radical (unpaired) electrons. The number of guanidine groups is 1. The Hall–Kier alpha value is -8.83. The molecule has 0 saturated carbocycles. The number of rotatable bonds is 42. The average Bonchev–Trinajstić information content (AvgIpc) is 4.09.